The molecule has 1 aromatic heterocycles. The minimum atomic E-state index is -0.0232. The zero-order valence-corrected chi connectivity index (χ0v) is 19.6. The molecule has 0 saturated carbocycles. The summed E-state index contributed by atoms with van der Waals surface area (Å²) in [6.45, 7) is 12.7. The normalized spacial score (nSPS) is 17.4. The van der Waals surface area contributed by atoms with E-state index in [1.54, 1.807) is 0 Å². The predicted molar refractivity (Wildman–Crippen MR) is 131 cm³/mol. The van der Waals surface area contributed by atoms with Crippen molar-refractivity contribution in [2.45, 2.75) is 51.6 Å². The third-order valence-corrected chi connectivity index (χ3v) is 7.11. The van der Waals surface area contributed by atoms with Crippen molar-refractivity contribution in [1.82, 2.24) is 15.3 Å². The lowest BCUT2D eigenvalue weighted by atomic mass is 9.78. The Morgan fingerprint density at radius 1 is 1.00 bits per heavy atom. The number of nitrogens with zero attached hydrogens (tertiary/aromatic N) is 3. The van der Waals surface area contributed by atoms with Crippen LogP contribution in [0.4, 0.5) is 11.6 Å². The quantitative estimate of drug-likeness (QED) is 0.630. The summed E-state index contributed by atoms with van der Waals surface area (Å²) in [5.41, 5.74) is 7.68. The van der Waals surface area contributed by atoms with Crippen LogP contribution in [0, 0.1) is 6.92 Å². The Kier molecular flexibility index (Phi) is 5.17. The van der Waals surface area contributed by atoms with E-state index in [4.69, 9.17) is 4.98 Å². The highest BCUT2D eigenvalue weighted by atomic mass is 15.2. The Morgan fingerprint density at radius 2 is 1.66 bits per heavy atom. The molecule has 5 rings (SSSR count). The van der Waals surface area contributed by atoms with Crippen LogP contribution in [0.25, 0.3) is 0 Å². The third-order valence-electron chi connectivity index (χ3n) is 7.11. The highest BCUT2D eigenvalue weighted by Crippen LogP contribution is 2.33. The fourth-order valence-electron chi connectivity index (χ4n) is 4.68. The SMILES string of the molecule is Cc1ccc(C(C)(C)c2ccc(N3CCc4nc(NC5(C)CNC5)ncc4C3)cc2)cc1. The van der Waals surface area contributed by atoms with Gasteiger partial charge in [-0.3, -0.25) is 0 Å². The Hall–Kier alpha value is -2.92. The molecule has 2 aliphatic rings. The van der Waals surface area contributed by atoms with Crippen molar-refractivity contribution < 1.29 is 0 Å². The maximum atomic E-state index is 4.82. The molecule has 1 fully saturated rings. The first-order valence-corrected chi connectivity index (χ1v) is 11.6. The average Bonchev–Trinajstić information content (AvgIpc) is 2.78. The lowest BCUT2D eigenvalue weighted by Gasteiger charge is -2.40. The Bertz CT molecular complexity index is 1100. The first-order chi connectivity index (χ1) is 15.3. The molecule has 5 nitrogen and oxygen atoms in total. The Morgan fingerprint density at radius 3 is 2.28 bits per heavy atom. The van der Waals surface area contributed by atoms with Gasteiger partial charge in [-0.15, -0.1) is 0 Å². The maximum absolute atomic E-state index is 4.82. The van der Waals surface area contributed by atoms with E-state index >= 15 is 0 Å². The topological polar surface area (TPSA) is 53.1 Å². The lowest BCUT2D eigenvalue weighted by molar-refractivity contribution is 0.336. The Labute approximate surface area is 191 Å². The summed E-state index contributed by atoms with van der Waals surface area (Å²) >= 11 is 0. The van der Waals surface area contributed by atoms with Crippen LogP contribution in [-0.2, 0) is 18.4 Å². The molecule has 3 heterocycles. The number of aryl methyl sites for hydroxylation is 1. The van der Waals surface area contributed by atoms with Crippen LogP contribution < -0.4 is 15.5 Å². The summed E-state index contributed by atoms with van der Waals surface area (Å²) < 4.78 is 0. The summed E-state index contributed by atoms with van der Waals surface area (Å²) in [7, 11) is 0. The third kappa shape index (κ3) is 3.97. The first kappa shape index (κ1) is 21.0. The summed E-state index contributed by atoms with van der Waals surface area (Å²) in [6.07, 6.45) is 2.94. The smallest absolute Gasteiger partial charge is 0.223 e. The van der Waals surface area contributed by atoms with Gasteiger partial charge in [-0.05, 0) is 37.1 Å². The standard InChI is InChI=1S/C27H33N5/c1-19-5-7-21(8-6-19)26(2,3)22-9-11-23(12-10-22)32-14-13-24-20(16-32)15-29-25(30-24)31-27(4)17-28-18-27/h5-12,15,28H,13-14,16-18H2,1-4H3,(H,29,30,31). The molecule has 0 bridgehead atoms. The Balaban J connectivity index is 1.30. The molecule has 0 aliphatic carbocycles. The molecule has 0 unspecified atom stereocenters. The number of nitrogens with one attached hydrogen (secondary N) is 2. The molecule has 5 heteroatoms. The van der Waals surface area contributed by atoms with Gasteiger partial charge in [0.05, 0.1) is 11.2 Å². The number of hydrogen-bond donors (Lipinski definition) is 2. The first-order valence-electron chi connectivity index (χ1n) is 11.6. The van der Waals surface area contributed by atoms with Crippen molar-refractivity contribution in [3.05, 3.63) is 82.7 Å². The fourth-order valence-corrected chi connectivity index (χ4v) is 4.68. The van der Waals surface area contributed by atoms with Gasteiger partial charge in [0.2, 0.25) is 5.95 Å². The number of hydrogen-bond acceptors (Lipinski definition) is 5. The molecule has 0 spiro atoms. The highest BCUT2D eigenvalue weighted by Gasteiger charge is 2.32. The van der Waals surface area contributed by atoms with Gasteiger partial charge >= 0.3 is 0 Å². The minimum absolute atomic E-state index is 0.0232. The monoisotopic (exact) mass is 427 g/mol. The summed E-state index contributed by atoms with van der Waals surface area (Å²) in [5.74, 6) is 0.754. The van der Waals surface area contributed by atoms with Crippen LogP contribution in [0.1, 0.15) is 48.7 Å². The van der Waals surface area contributed by atoms with E-state index in [0.717, 1.165) is 38.5 Å². The van der Waals surface area contributed by atoms with E-state index in [1.165, 1.54) is 33.6 Å². The van der Waals surface area contributed by atoms with Gasteiger partial charge in [0, 0.05) is 55.5 Å². The van der Waals surface area contributed by atoms with E-state index in [-0.39, 0.29) is 11.0 Å². The molecular formula is C27H33N5. The van der Waals surface area contributed by atoms with Crippen LogP contribution in [-0.4, -0.2) is 35.1 Å². The predicted octanol–water partition coefficient (Wildman–Crippen LogP) is 4.45. The number of fused-ring (bicyclic) bond motifs is 1. The summed E-state index contributed by atoms with van der Waals surface area (Å²) in [6, 6.07) is 18.0. The molecule has 0 atom stereocenters. The maximum Gasteiger partial charge on any atom is 0.223 e. The van der Waals surface area contributed by atoms with Crippen molar-refractivity contribution >= 4 is 11.6 Å². The largest absolute Gasteiger partial charge is 0.367 e. The van der Waals surface area contributed by atoms with Crippen molar-refractivity contribution in [1.29, 1.82) is 0 Å². The second-order valence-corrected chi connectivity index (χ2v) is 10.2. The highest BCUT2D eigenvalue weighted by molar-refractivity contribution is 5.52. The average molecular weight is 428 g/mol. The van der Waals surface area contributed by atoms with Crippen molar-refractivity contribution in [3.8, 4) is 0 Å². The van der Waals surface area contributed by atoms with Crippen LogP contribution in [0.3, 0.4) is 0 Å². The van der Waals surface area contributed by atoms with E-state index in [2.05, 4.69) is 96.7 Å². The van der Waals surface area contributed by atoms with Crippen molar-refractivity contribution in [3.63, 3.8) is 0 Å². The van der Waals surface area contributed by atoms with Crippen LogP contribution in [0.5, 0.6) is 0 Å². The van der Waals surface area contributed by atoms with Crippen LogP contribution in [0.15, 0.2) is 54.7 Å². The van der Waals surface area contributed by atoms with Gasteiger partial charge in [0.1, 0.15) is 0 Å². The number of anilines is 2. The summed E-state index contributed by atoms with van der Waals surface area (Å²) in [4.78, 5) is 11.8. The van der Waals surface area contributed by atoms with Gasteiger partial charge in [0.25, 0.3) is 0 Å². The fraction of sp³-hybridized carbons (Fsp3) is 0.407. The molecule has 32 heavy (non-hydrogen) atoms. The lowest BCUT2D eigenvalue weighted by Crippen LogP contribution is -2.62. The van der Waals surface area contributed by atoms with E-state index < -0.39 is 0 Å². The molecule has 2 aromatic carbocycles. The van der Waals surface area contributed by atoms with Gasteiger partial charge in [0.15, 0.2) is 0 Å². The van der Waals surface area contributed by atoms with Gasteiger partial charge < -0.3 is 15.5 Å². The zero-order chi connectivity index (χ0) is 22.3. The van der Waals surface area contributed by atoms with Gasteiger partial charge in [-0.2, -0.15) is 0 Å². The molecule has 2 aliphatic heterocycles. The second kappa shape index (κ2) is 7.89. The number of benzene rings is 2. The van der Waals surface area contributed by atoms with E-state index in [0.29, 0.717) is 0 Å². The number of rotatable bonds is 5. The van der Waals surface area contributed by atoms with Gasteiger partial charge in [-0.25, -0.2) is 9.97 Å². The minimum Gasteiger partial charge on any atom is -0.367 e. The van der Waals surface area contributed by atoms with Gasteiger partial charge in [-0.1, -0.05) is 55.8 Å². The second-order valence-electron chi connectivity index (χ2n) is 10.2. The molecule has 0 radical (unpaired) electrons. The summed E-state index contributed by atoms with van der Waals surface area (Å²) in [5, 5.41) is 6.79. The van der Waals surface area contributed by atoms with Crippen LogP contribution in [0.2, 0.25) is 0 Å². The van der Waals surface area contributed by atoms with E-state index in [1.807, 2.05) is 6.20 Å². The molecule has 0 amide bonds. The van der Waals surface area contributed by atoms with Crippen molar-refractivity contribution in [2.24, 2.45) is 0 Å². The van der Waals surface area contributed by atoms with Crippen LogP contribution >= 0.6 is 0 Å². The number of aromatic nitrogens is 2. The molecule has 3 aromatic rings. The molecule has 2 N–H and O–H groups in total. The zero-order valence-electron chi connectivity index (χ0n) is 19.6. The molecule has 1 saturated heterocycles. The van der Waals surface area contributed by atoms with Crippen molar-refractivity contribution in [2.75, 3.05) is 29.9 Å². The molecular weight excluding hydrogens is 394 g/mol. The molecule has 166 valence electrons. The van der Waals surface area contributed by atoms with E-state index in [9.17, 15) is 0 Å².